The van der Waals surface area contributed by atoms with E-state index in [0.29, 0.717) is 23.1 Å². The fourth-order valence-corrected chi connectivity index (χ4v) is 2.87. The molecule has 0 amide bonds. The first-order valence-corrected chi connectivity index (χ1v) is 7.40. The highest BCUT2D eigenvalue weighted by Crippen LogP contribution is 2.34. The van der Waals surface area contributed by atoms with Crippen LogP contribution in [0.4, 0.5) is 11.6 Å². The molecule has 1 heterocycles. The van der Waals surface area contributed by atoms with E-state index < -0.39 is 6.10 Å². The molecule has 6 heteroatoms. The van der Waals surface area contributed by atoms with Crippen LogP contribution >= 0.6 is 0 Å². The van der Waals surface area contributed by atoms with Gasteiger partial charge in [-0.15, -0.1) is 0 Å². The molecule has 0 aromatic carbocycles. The lowest BCUT2D eigenvalue weighted by Crippen LogP contribution is -2.29. The highest BCUT2D eigenvalue weighted by molar-refractivity contribution is 5.64. The molecule has 2 aliphatic rings. The van der Waals surface area contributed by atoms with Crippen LogP contribution in [-0.4, -0.2) is 27.5 Å². The summed E-state index contributed by atoms with van der Waals surface area (Å²) in [5.41, 5.74) is 6.46. The molecule has 3 rings (SSSR count). The number of nitrogens with two attached hydrogens (primary N) is 1. The zero-order chi connectivity index (χ0) is 14.1. The van der Waals surface area contributed by atoms with E-state index in [-0.39, 0.29) is 6.04 Å². The lowest BCUT2D eigenvalue weighted by molar-refractivity contribution is 0.0707. The Morgan fingerprint density at radius 1 is 1.35 bits per heavy atom. The Hall–Kier alpha value is -1.74. The summed E-state index contributed by atoms with van der Waals surface area (Å²) in [5.74, 6) is 1.64. The molecule has 2 atom stereocenters. The van der Waals surface area contributed by atoms with Crippen molar-refractivity contribution in [3.05, 3.63) is 5.56 Å². The van der Waals surface area contributed by atoms with Crippen molar-refractivity contribution in [3.8, 4) is 6.07 Å². The zero-order valence-corrected chi connectivity index (χ0v) is 11.5. The van der Waals surface area contributed by atoms with Gasteiger partial charge in [0.1, 0.15) is 17.5 Å². The monoisotopic (exact) mass is 275 g/mol. The second kappa shape index (κ2) is 5.33. The van der Waals surface area contributed by atoms with Crippen LogP contribution in [0.5, 0.6) is 0 Å². The van der Waals surface area contributed by atoms with Crippen molar-refractivity contribution in [1.82, 2.24) is 9.78 Å². The predicted molar refractivity (Wildman–Crippen MR) is 76.1 cm³/mol. The summed E-state index contributed by atoms with van der Waals surface area (Å²) < 4.78 is 1.65. The number of nitrogens with one attached hydrogen (secondary N) is 1. The van der Waals surface area contributed by atoms with Gasteiger partial charge in [-0.1, -0.05) is 12.8 Å². The molecule has 0 saturated heterocycles. The molecule has 4 N–H and O–H groups in total. The van der Waals surface area contributed by atoms with E-state index in [1.165, 1.54) is 12.8 Å². The average molecular weight is 275 g/mol. The van der Waals surface area contributed by atoms with E-state index in [2.05, 4.69) is 16.5 Å². The van der Waals surface area contributed by atoms with Gasteiger partial charge in [-0.3, -0.25) is 0 Å². The first kappa shape index (κ1) is 13.3. The van der Waals surface area contributed by atoms with Gasteiger partial charge in [0.15, 0.2) is 5.82 Å². The minimum atomic E-state index is -0.422. The summed E-state index contributed by atoms with van der Waals surface area (Å²) in [7, 11) is 0. The Balaban J connectivity index is 1.84. The molecule has 2 aliphatic carbocycles. The van der Waals surface area contributed by atoms with Gasteiger partial charge in [0.05, 0.1) is 12.1 Å². The van der Waals surface area contributed by atoms with Crippen LogP contribution in [0.3, 0.4) is 0 Å². The molecule has 1 aromatic heterocycles. The van der Waals surface area contributed by atoms with Gasteiger partial charge < -0.3 is 16.2 Å². The number of hydrogen-bond acceptors (Lipinski definition) is 5. The van der Waals surface area contributed by atoms with Crippen molar-refractivity contribution < 1.29 is 5.11 Å². The van der Waals surface area contributed by atoms with Crippen LogP contribution < -0.4 is 11.1 Å². The summed E-state index contributed by atoms with van der Waals surface area (Å²) in [5, 5.41) is 27.1. The first-order valence-electron chi connectivity index (χ1n) is 7.40. The Bertz CT molecular complexity index is 528. The molecular formula is C14H21N5O. The Morgan fingerprint density at radius 3 is 2.75 bits per heavy atom. The second-order valence-electron chi connectivity index (χ2n) is 5.91. The van der Waals surface area contributed by atoms with Crippen molar-refractivity contribution in [1.29, 1.82) is 5.26 Å². The fourth-order valence-electron chi connectivity index (χ4n) is 2.87. The number of rotatable bonds is 4. The molecule has 0 aliphatic heterocycles. The molecule has 2 fully saturated rings. The maximum atomic E-state index is 10.1. The normalized spacial score (nSPS) is 26.2. The summed E-state index contributed by atoms with van der Waals surface area (Å²) in [6.45, 7) is 0.846. The minimum absolute atomic E-state index is 0.104. The van der Waals surface area contributed by atoms with Gasteiger partial charge >= 0.3 is 0 Å². The molecule has 0 bridgehead atoms. The van der Waals surface area contributed by atoms with Crippen LogP contribution in [0.2, 0.25) is 0 Å². The number of nitrogens with zero attached hydrogens (tertiary/aromatic N) is 3. The molecule has 108 valence electrons. The summed E-state index contributed by atoms with van der Waals surface area (Å²) >= 11 is 0. The molecular weight excluding hydrogens is 254 g/mol. The number of nitriles is 1. The van der Waals surface area contributed by atoms with Crippen molar-refractivity contribution in [2.45, 2.75) is 50.7 Å². The lowest BCUT2D eigenvalue weighted by Gasteiger charge is -2.28. The molecule has 0 radical (unpaired) electrons. The SMILES string of the molecule is N#Cc1c(NCC2CC2)nn(C2CCCCC2O)c1N. The summed E-state index contributed by atoms with van der Waals surface area (Å²) in [6, 6.07) is 2.03. The minimum Gasteiger partial charge on any atom is -0.391 e. The highest BCUT2D eigenvalue weighted by Gasteiger charge is 2.29. The topological polar surface area (TPSA) is 99.9 Å². The van der Waals surface area contributed by atoms with E-state index in [1.807, 2.05) is 0 Å². The third-order valence-electron chi connectivity index (χ3n) is 4.32. The van der Waals surface area contributed by atoms with Crippen LogP contribution in [0.1, 0.15) is 50.1 Å². The number of anilines is 2. The van der Waals surface area contributed by atoms with Crippen molar-refractivity contribution >= 4 is 11.6 Å². The largest absolute Gasteiger partial charge is 0.391 e. The van der Waals surface area contributed by atoms with Gasteiger partial charge in [-0.25, -0.2) is 4.68 Å². The van der Waals surface area contributed by atoms with E-state index in [4.69, 9.17) is 5.73 Å². The van der Waals surface area contributed by atoms with Crippen molar-refractivity contribution in [2.24, 2.45) is 5.92 Å². The Labute approximate surface area is 118 Å². The first-order chi connectivity index (χ1) is 9.70. The maximum absolute atomic E-state index is 10.1. The molecule has 2 saturated carbocycles. The molecule has 1 aromatic rings. The standard InChI is InChI=1S/C14H21N5O/c15-7-10-13(16)19(11-3-1-2-4-12(11)20)18-14(10)17-8-9-5-6-9/h9,11-12,20H,1-6,8,16H2,(H,17,18). The smallest absolute Gasteiger partial charge is 0.168 e. The summed E-state index contributed by atoms with van der Waals surface area (Å²) in [6.07, 6.45) is 5.80. The number of nitrogen functional groups attached to an aromatic ring is 1. The fraction of sp³-hybridized carbons (Fsp3) is 0.714. The van der Waals surface area contributed by atoms with E-state index >= 15 is 0 Å². The molecule has 6 nitrogen and oxygen atoms in total. The predicted octanol–water partition coefficient (Wildman–Crippen LogP) is 1.63. The van der Waals surface area contributed by atoms with Crippen molar-refractivity contribution in [2.75, 3.05) is 17.6 Å². The van der Waals surface area contributed by atoms with Gasteiger partial charge in [0.2, 0.25) is 0 Å². The Kier molecular flexibility index (Phi) is 3.53. The van der Waals surface area contributed by atoms with Gasteiger partial charge in [-0.2, -0.15) is 10.4 Å². The van der Waals surface area contributed by atoms with Gasteiger partial charge in [0, 0.05) is 6.54 Å². The zero-order valence-electron chi connectivity index (χ0n) is 11.5. The Morgan fingerprint density at radius 2 is 2.10 bits per heavy atom. The third-order valence-corrected chi connectivity index (χ3v) is 4.32. The third kappa shape index (κ3) is 2.46. The van der Waals surface area contributed by atoms with E-state index in [1.54, 1.807) is 4.68 Å². The molecule has 20 heavy (non-hydrogen) atoms. The van der Waals surface area contributed by atoms with Crippen LogP contribution in [0, 0.1) is 17.2 Å². The van der Waals surface area contributed by atoms with Gasteiger partial charge in [0.25, 0.3) is 0 Å². The van der Waals surface area contributed by atoms with Gasteiger partial charge in [-0.05, 0) is 31.6 Å². The van der Waals surface area contributed by atoms with E-state index in [9.17, 15) is 10.4 Å². The van der Waals surface area contributed by atoms with Crippen LogP contribution in [0.15, 0.2) is 0 Å². The highest BCUT2D eigenvalue weighted by atomic mass is 16.3. The number of aromatic nitrogens is 2. The lowest BCUT2D eigenvalue weighted by atomic mass is 9.93. The number of aliphatic hydroxyl groups is 1. The van der Waals surface area contributed by atoms with E-state index in [0.717, 1.165) is 32.2 Å². The van der Waals surface area contributed by atoms with Crippen LogP contribution in [0.25, 0.3) is 0 Å². The van der Waals surface area contributed by atoms with Crippen molar-refractivity contribution in [3.63, 3.8) is 0 Å². The average Bonchev–Trinajstić information content (AvgIpc) is 3.22. The quantitative estimate of drug-likeness (QED) is 0.775. The molecule has 0 spiro atoms. The number of aliphatic hydroxyl groups excluding tert-OH is 1. The summed E-state index contributed by atoms with van der Waals surface area (Å²) in [4.78, 5) is 0. The maximum Gasteiger partial charge on any atom is 0.168 e. The molecule has 2 unspecified atom stereocenters. The number of hydrogen-bond donors (Lipinski definition) is 3. The van der Waals surface area contributed by atoms with Crippen LogP contribution in [-0.2, 0) is 0 Å². The second-order valence-corrected chi connectivity index (χ2v) is 5.91.